The Bertz CT molecular complexity index is 569. The van der Waals surface area contributed by atoms with Crippen LogP contribution in [-0.4, -0.2) is 33.8 Å². The molecule has 20 heavy (non-hydrogen) atoms. The van der Waals surface area contributed by atoms with E-state index in [1.54, 1.807) is 25.4 Å². The van der Waals surface area contributed by atoms with Gasteiger partial charge in [-0.3, -0.25) is 0 Å². The highest BCUT2D eigenvalue weighted by Gasteiger charge is 2.17. The Labute approximate surface area is 119 Å². The third kappa shape index (κ3) is 3.21. The van der Waals surface area contributed by atoms with Crippen LogP contribution in [0.1, 0.15) is 24.7 Å². The van der Waals surface area contributed by atoms with Crippen molar-refractivity contribution in [2.45, 2.75) is 26.3 Å². The molecule has 106 valence electrons. The molecule has 2 rings (SSSR count). The maximum Gasteiger partial charge on any atom is 0.488 e. The second-order valence-electron chi connectivity index (χ2n) is 4.66. The standard InChI is InChI=1S/C14H19BN2O3/c1-3-4-14-16-7-8-17(14)10-11-9-12(20-2)5-6-13(11)15(18)19/h5-9,18-19H,3-4,10H2,1-2H3. The van der Waals surface area contributed by atoms with Gasteiger partial charge in [-0.2, -0.15) is 0 Å². The smallest absolute Gasteiger partial charge is 0.488 e. The van der Waals surface area contributed by atoms with Crippen LogP contribution in [0.4, 0.5) is 0 Å². The largest absolute Gasteiger partial charge is 0.497 e. The van der Waals surface area contributed by atoms with Gasteiger partial charge in [0.2, 0.25) is 0 Å². The van der Waals surface area contributed by atoms with Gasteiger partial charge in [0.15, 0.2) is 0 Å². The quantitative estimate of drug-likeness (QED) is 0.756. The second kappa shape index (κ2) is 6.59. The predicted molar refractivity (Wildman–Crippen MR) is 78.1 cm³/mol. The van der Waals surface area contributed by atoms with Crippen LogP contribution < -0.4 is 10.2 Å². The summed E-state index contributed by atoms with van der Waals surface area (Å²) in [6.07, 6.45) is 5.58. The van der Waals surface area contributed by atoms with Crippen LogP contribution in [0, 0.1) is 0 Å². The monoisotopic (exact) mass is 274 g/mol. The van der Waals surface area contributed by atoms with Gasteiger partial charge in [-0.15, -0.1) is 0 Å². The fourth-order valence-corrected chi connectivity index (χ4v) is 2.22. The average molecular weight is 274 g/mol. The molecule has 0 saturated heterocycles. The lowest BCUT2D eigenvalue weighted by Crippen LogP contribution is -2.33. The van der Waals surface area contributed by atoms with E-state index >= 15 is 0 Å². The number of hydrogen-bond acceptors (Lipinski definition) is 4. The van der Waals surface area contributed by atoms with Crippen LogP contribution in [0.2, 0.25) is 0 Å². The Morgan fingerprint density at radius 3 is 2.80 bits per heavy atom. The number of methoxy groups -OCH3 is 1. The van der Waals surface area contributed by atoms with Crippen molar-refractivity contribution in [2.75, 3.05) is 7.11 Å². The molecule has 2 aromatic rings. The van der Waals surface area contributed by atoms with E-state index in [1.165, 1.54) is 0 Å². The van der Waals surface area contributed by atoms with E-state index in [1.807, 2.05) is 16.8 Å². The molecule has 0 fully saturated rings. The van der Waals surface area contributed by atoms with Gasteiger partial charge in [0, 0.05) is 25.4 Å². The molecule has 0 bridgehead atoms. The zero-order valence-electron chi connectivity index (χ0n) is 11.8. The molecule has 1 heterocycles. The van der Waals surface area contributed by atoms with Crippen LogP contribution >= 0.6 is 0 Å². The molecule has 0 aliphatic carbocycles. The highest BCUT2D eigenvalue weighted by atomic mass is 16.5. The Kier molecular flexibility index (Phi) is 4.81. The zero-order valence-corrected chi connectivity index (χ0v) is 11.8. The summed E-state index contributed by atoms with van der Waals surface area (Å²) in [4.78, 5) is 4.33. The summed E-state index contributed by atoms with van der Waals surface area (Å²) < 4.78 is 7.22. The first-order chi connectivity index (χ1) is 9.65. The number of ether oxygens (including phenoxy) is 1. The van der Waals surface area contributed by atoms with Gasteiger partial charge >= 0.3 is 7.12 Å². The molecule has 0 aliphatic rings. The van der Waals surface area contributed by atoms with Crippen molar-refractivity contribution >= 4 is 12.6 Å². The number of aromatic nitrogens is 2. The van der Waals surface area contributed by atoms with Crippen LogP contribution in [0.25, 0.3) is 0 Å². The number of aryl methyl sites for hydroxylation is 1. The van der Waals surface area contributed by atoms with Crippen LogP contribution in [0.15, 0.2) is 30.6 Å². The molecule has 6 heteroatoms. The van der Waals surface area contributed by atoms with Crippen molar-refractivity contribution in [2.24, 2.45) is 0 Å². The zero-order chi connectivity index (χ0) is 14.5. The summed E-state index contributed by atoms with van der Waals surface area (Å²) >= 11 is 0. The lowest BCUT2D eigenvalue weighted by Gasteiger charge is -2.13. The third-order valence-corrected chi connectivity index (χ3v) is 3.24. The van der Waals surface area contributed by atoms with Crippen molar-refractivity contribution in [1.82, 2.24) is 9.55 Å². The fraction of sp³-hybridized carbons (Fsp3) is 0.357. The fourth-order valence-electron chi connectivity index (χ4n) is 2.22. The van der Waals surface area contributed by atoms with Gasteiger partial charge < -0.3 is 19.4 Å². The predicted octanol–water partition coefficient (Wildman–Crippen LogP) is 0.572. The van der Waals surface area contributed by atoms with E-state index in [0.717, 1.165) is 24.2 Å². The SMILES string of the molecule is CCCc1nccn1Cc1cc(OC)ccc1B(O)O. The highest BCUT2D eigenvalue weighted by Crippen LogP contribution is 2.14. The maximum atomic E-state index is 9.46. The average Bonchev–Trinajstić information content (AvgIpc) is 2.86. The van der Waals surface area contributed by atoms with Gasteiger partial charge in [-0.25, -0.2) is 4.98 Å². The van der Waals surface area contributed by atoms with Crippen LogP contribution in [-0.2, 0) is 13.0 Å². The molecule has 0 aliphatic heterocycles. The molecule has 5 nitrogen and oxygen atoms in total. The molecule has 0 amide bonds. The van der Waals surface area contributed by atoms with Crippen molar-refractivity contribution in [3.05, 3.63) is 42.0 Å². The van der Waals surface area contributed by atoms with E-state index < -0.39 is 7.12 Å². The first-order valence-corrected chi connectivity index (χ1v) is 6.68. The molecule has 1 aromatic heterocycles. The first-order valence-electron chi connectivity index (χ1n) is 6.68. The van der Waals surface area contributed by atoms with E-state index in [2.05, 4.69) is 11.9 Å². The number of rotatable bonds is 6. The number of benzene rings is 1. The van der Waals surface area contributed by atoms with Crippen molar-refractivity contribution in [3.8, 4) is 5.75 Å². The summed E-state index contributed by atoms with van der Waals surface area (Å²) in [6.45, 7) is 2.65. The Balaban J connectivity index is 2.33. The third-order valence-electron chi connectivity index (χ3n) is 3.24. The molecule has 0 unspecified atom stereocenters. The number of hydrogen-bond donors (Lipinski definition) is 2. The van der Waals surface area contributed by atoms with Gasteiger partial charge in [0.05, 0.1) is 7.11 Å². The molecule has 0 spiro atoms. The normalized spacial score (nSPS) is 10.6. The molecule has 2 N–H and O–H groups in total. The van der Waals surface area contributed by atoms with E-state index in [-0.39, 0.29) is 0 Å². The second-order valence-corrected chi connectivity index (χ2v) is 4.66. The minimum Gasteiger partial charge on any atom is -0.497 e. The topological polar surface area (TPSA) is 67.5 Å². The van der Waals surface area contributed by atoms with Crippen molar-refractivity contribution < 1.29 is 14.8 Å². The summed E-state index contributed by atoms with van der Waals surface area (Å²) in [7, 11) is 0.0995. The molecule has 1 aromatic carbocycles. The lowest BCUT2D eigenvalue weighted by molar-refractivity contribution is 0.413. The van der Waals surface area contributed by atoms with Gasteiger partial charge in [-0.1, -0.05) is 13.0 Å². The molecular weight excluding hydrogens is 255 g/mol. The maximum absolute atomic E-state index is 9.46. The van der Waals surface area contributed by atoms with Gasteiger partial charge in [0.25, 0.3) is 0 Å². The van der Waals surface area contributed by atoms with Crippen LogP contribution in [0.3, 0.4) is 0 Å². The minimum atomic E-state index is -1.49. The van der Waals surface area contributed by atoms with E-state index in [4.69, 9.17) is 4.74 Å². The van der Waals surface area contributed by atoms with Gasteiger partial charge in [0.1, 0.15) is 11.6 Å². The molecule has 0 atom stereocenters. The Hall–Kier alpha value is -1.79. The van der Waals surface area contributed by atoms with Gasteiger partial charge in [-0.05, 0) is 29.6 Å². The Morgan fingerprint density at radius 2 is 2.15 bits per heavy atom. The Morgan fingerprint density at radius 1 is 1.35 bits per heavy atom. The van der Waals surface area contributed by atoms with E-state index in [0.29, 0.717) is 17.8 Å². The number of imidazole rings is 1. The number of nitrogens with zero attached hydrogens (tertiary/aromatic N) is 2. The molecule has 0 saturated carbocycles. The summed E-state index contributed by atoms with van der Waals surface area (Å²) in [6, 6.07) is 5.22. The minimum absolute atomic E-state index is 0.488. The summed E-state index contributed by atoms with van der Waals surface area (Å²) in [5.74, 6) is 1.69. The lowest BCUT2D eigenvalue weighted by atomic mass is 9.77. The highest BCUT2D eigenvalue weighted by molar-refractivity contribution is 6.59. The van der Waals surface area contributed by atoms with Crippen LogP contribution in [0.5, 0.6) is 5.75 Å². The van der Waals surface area contributed by atoms with Crippen molar-refractivity contribution in [3.63, 3.8) is 0 Å². The molecule has 0 radical (unpaired) electrons. The summed E-state index contributed by atoms with van der Waals surface area (Å²) in [5, 5.41) is 18.9. The molecular formula is C14H19BN2O3. The van der Waals surface area contributed by atoms with E-state index in [9.17, 15) is 10.0 Å². The van der Waals surface area contributed by atoms with Crippen molar-refractivity contribution in [1.29, 1.82) is 0 Å². The summed E-state index contributed by atoms with van der Waals surface area (Å²) in [5.41, 5.74) is 1.30. The first kappa shape index (κ1) is 14.6.